The van der Waals surface area contributed by atoms with Gasteiger partial charge >= 0.3 is 6.18 Å². The van der Waals surface area contributed by atoms with Crippen molar-refractivity contribution < 1.29 is 27.3 Å². The molecule has 0 fully saturated rings. The van der Waals surface area contributed by atoms with E-state index in [2.05, 4.69) is 10.3 Å². The lowest BCUT2D eigenvalue weighted by molar-refractivity contribution is -0.384. The van der Waals surface area contributed by atoms with Gasteiger partial charge in [0.05, 0.1) is 16.1 Å². The first-order valence-electron chi connectivity index (χ1n) is 7.10. The third-order valence-electron chi connectivity index (χ3n) is 3.65. The summed E-state index contributed by atoms with van der Waals surface area (Å²) in [6.07, 6.45) is -3.63. The Labute approximate surface area is 142 Å². The number of H-pyrrole nitrogens is 1. The van der Waals surface area contributed by atoms with Crippen LogP contribution >= 0.6 is 0 Å². The Morgan fingerprint density at radius 1 is 1.15 bits per heavy atom. The number of aromatic nitrogens is 1. The van der Waals surface area contributed by atoms with E-state index in [0.29, 0.717) is 17.6 Å². The Bertz CT molecular complexity index is 1030. The molecule has 0 saturated heterocycles. The normalized spacial score (nSPS) is 11.5. The number of carbonyl (C=O) groups is 1. The molecule has 1 heterocycles. The number of nitrogens with one attached hydrogen (secondary N) is 2. The Morgan fingerprint density at radius 3 is 2.54 bits per heavy atom. The van der Waals surface area contributed by atoms with Gasteiger partial charge in [-0.15, -0.1) is 0 Å². The van der Waals surface area contributed by atoms with E-state index in [9.17, 15) is 32.5 Å². The van der Waals surface area contributed by atoms with E-state index >= 15 is 0 Å². The number of alkyl halides is 3. The molecule has 1 amide bonds. The Kier molecular flexibility index (Phi) is 4.10. The average Bonchev–Trinajstić information content (AvgIpc) is 2.98. The van der Waals surface area contributed by atoms with Crippen LogP contribution in [0.15, 0.2) is 42.6 Å². The third kappa shape index (κ3) is 3.21. The Balaban J connectivity index is 1.95. The quantitative estimate of drug-likeness (QED) is 0.406. The van der Waals surface area contributed by atoms with Gasteiger partial charge in [-0.05, 0) is 24.3 Å². The summed E-state index contributed by atoms with van der Waals surface area (Å²) in [5.74, 6) is -2.25. The smallest absolute Gasteiger partial charge is 0.360 e. The van der Waals surface area contributed by atoms with Gasteiger partial charge in [0.1, 0.15) is 5.82 Å². The van der Waals surface area contributed by atoms with E-state index in [1.807, 2.05) is 0 Å². The van der Waals surface area contributed by atoms with Gasteiger partial charge in [0, 0.05) is 34.9 Å². The number of fused-ring (bicyclic) bond motifs is 1. The number of carbonyl (C=O) groups excluding carboxylic acids is 1. The van der Waals surface area contributed by atoms with E-state index in [0.717, 1.165) is 6.07 Å². The van der Waals surface area contributed by atoms with E-state index in [1.165, 1.54) is 24.4 Å². The van der Waals surface area contributed by atoms with Crippen LogP contribution in [0.25, 0.3) is 10.9 Å². The predicted octanol–water partition coefficient (Wildman–Crippen LogP) is 4.49. The Hall–Kier alpha value is -3.43. The molecular formula is C16H9F4N3O3. The number of halogens is 4. The van der Waals surface area contributed by atoms with Crippen molar-refractivity contribution in [2.45, 2.75) is 6.18 Å². The number of aromatic amines is 1. The number of hydrogen-bond acceptors (Lipinski definition) is 3. The molecular weight excluding hydrogens is 358 g/mol. The van der Waals surface area contributed by atoms with Crippen LogP contribution in [0, 0.1) is 15.9 Å². The van der Waals surface area contributed by atoms with E-state index in [1.54, 1.807) is 0 Å². The Morgan fingerprint density at radius 2 is 1.88 bits per heavy atom. The van der Waals surface area contributed by atoms with E-state index in [4.69, 9.17) is 0 Å². The van der Waals surface area contributed by atoms with Gasteiger partial charge in [-0.2, -0.15) is 13.2 Å². The summed E-state index contributed by atoms with van der Waals surface area (Å²) in [7, 11) is 0. The lowest BCUT2D eigenvalue weighted by atomic mass is 10.1. The molecule has 0 unspecified atom stereocenters. The number of rotatable bonds is 3. The maximum atomic E-state index is 13.3. The van der Waals surface area contributed by atoms with Crippen molar-refractivity contribution in [2.24, 2.45) is 0 Å². The molecule has 10 heteroatoms. The summed E-state index contributed by atoms with van der Waals surface area (Å²) in [5, 5.41) is 13.3. The molecule has 0 radical (unpaired) electrons. The van der Waals surface area contributed by atoms with Gasteiger partial charge in [-0.3, -0.25) is 14.9 Å². The lowest BCUT2D eigenvalue weighted by Gasteiger charge is -2.11. The third-order valence-corrected chi connectivity index (χ3v) is 3.65. The van der Waals surface area contributed by atoms with Crippen molar-refractivity contribution in [3.05, 3.63) is 69.7 Å². The number of hydrogen-bond donors (Lipinski definition) is 2. The molecule has 0 aliphatic heterocycles. The second-order valence-electron chi connectivity index (χ2n) is 5.34. The highest BCUT2D eigenvalue weighted by atomic mass is 19.4. The largest absolute Gasteiger partial charge is 0.419 e. The summed E-state index contributed by atoms with van der Waals surface area (Å²) in [4.78, 5) is 25.3. The number of benzene rings is 2. The topological polar surface area (TPSA) is 88.0 Å². The van der Waals surface area contributed by atoms with Gasteiger partial charge in [0.25, 0.3) is 11.6 Å². The minimum atomic E-state index is -4.91. The summed E-state index contributed by atoms with van der Waals surface area (Å²) in [6.45, 7) is 0. The first kappa shape index (κ1) is 17.4. The van der Waals surface area contributed by atoms with Crippen LogP contribution in [0.4, 0.5) is 28.9 Å². The van der Waals surface area contributed by atoms with Crippen LogP contribution in [0.5, 0.6) is 0 Å². The molecule has 1 aromatic heterocycles. The van der Waals surface area contributed by atoms with Crippen LogP contribution < -0.4 is 5.32 Å². The summed E-state index contributed by atoms with van der Waals surface area (Å²) in [6, 6.07) is 5.88. The number of nitro benzene ring substituents is 1. The average molecular weight is 367 g/mol. The minimum Gasteiger partial charge on any atom is -0.360 e. The van der Waals surface area contributed by atoms with Gasteiger partial charge in [-0.25, -0.2) is 4.39 Å². The van der Waals surface area contributed by atoms with Gasteiger partial charge < -0.3 is 10.3 Å². The van der Waals surface area contributed by atoms with Crippen molar-refractivity contribution in [3.63, 3.8) is 0 Å². The first-order chi connectivity index (χ1) is 12.2. The van der Waals surface area contributed by atoms with Crippen molar-refractivity contribution in [1.82, 2.24) is 4.98 Å². The second kappa shape index (κ2) is 6.14. The summed E-state index contributed by atoms with van der Waals surface area (Å²) < 4.78 is 51.5. The van der Waals surface area contributed by atoms with Crippen LogP contribution in [-0.2, 0) is 6.18 Å². The molecule has 3 rings (SSSR count). The number of anilines is 1. The summed E-state index contributed by atoms with van der Waals surface area (Å²) in [5.41, 5.74) is -1.57. The van der Waals surface area contributed by atoms with Crippen molar-refractivity contribution in [1.29, 1.82) is 0 Å². The van der Waals surface area contributed by atoms with Crippen LogP contribution in [0.3, 0.4) is 0 Å². The maximum Gasteiger partial charge on any atom is 0.419 e. The number of nitro groups is 1. The molecule has 0 spiro atoms. The standard InChI is InChI=1S/C16H9F4N3O3/c17-13-3-1-8(5-12(13)16(18,19)20)22-15(24)11-7-21-14-4-2-9(23(25)26)6-10(11)14/h1-7,21H,(H,22,24). The fraction of sp³-hybridized carbons (Fsp3) is 0.0625. The first-order valence-corrected chi connectivity index (χ1v) is 7.10. The van der Waals surface area contributed by atoms with Crippen LogP contribution in [0.2, 0.25) is 0 Å². The molecule has 3 aromatic rings. The molecule has 134 valence electrons. The second-order valence-corrected chi connectivity index (χ2v) is 5.34. The number of amides is 1. The fourth-order valence-electron chi connectivity index (χ4n) is 2.43. The monoisotopic (exact) mass is 367 g/mol. The number of nitrogens with zero attached hydrogens (tertiary/aromatic N) is 1. The summed E-state index contributed by atoms with van der Waals surface area (Å²) >= 11 is 0. The zero-order chi connectivity index (χ0) is 19.1. The molecule has 0 atom stereocenters. The highest BCUT2D eigenvalue weighted by Gasteiger charge is 2.34. The zero-order valence-corrected chi connectivity index (χ0v) is 12.7. The van der Waals surface area contributed by atoms with Gasteiger partial charge in [-0.1, -0.05) is 0 Å². The van der Waals surface area contributed by atoms with Gasteiger partial charge in [0.15, 0.2) is 0 Å². The highest BCUT2D eigenvalue weighted by Crippen LogP contribution is 2.33. The fourth-order valence-corrected chi connectivity index (χ4v) is 2.43. The SMILES string of the molecule is O=C(Nc1ccc(F)c(C(F)(F)F)c1)c1c[nH]c2ccc([N+](=O)[O-])cc12. The van der Waals surface area contributed by atoms with Crippen molar-refractivity contribution in [2.75, 3.05) is 5.32 Å². The molecule has 2 N–H and O–H groups in total. The lowest BCUT2D eigenvalue weighted by Crippen LogP contribution is -2.14. The predicted molar refractivity (Wildman–Crippen MR) is 84.3 cm³/mol. The molecule has 2 aromatic carbocycles. The van der Waals surface area contributed by atoms with Crippen LogP contribution in [0.1, 0.15) is 15.9 Å². The molecule has 0 bridgehead atoms. The number of non-ortho nitro benzene ring substituents is 1. The van der Waals surface area contributed by atoms with E-state index < -0.39 is 28.4 Å². The molecule has 26 heavy (non-hydrogen) atoms. The molecule has 0 saturated carbocycles. The van der Waals surface area contributed by atoms with Crippen LogP contribution in [-0.4, -0.2) is 15.8 Å². The van der Waals surface area contributed by atoms with Crippen molar-refractivity contribution in [3.8, 4) is 0 Å². The van der Waals surface area contributed by atoms with Crippen molar-refractivity contribution >= 4 is 28.2 Å². The molecule has 6 nitrogen and oxygen atoms in total. The van der Waals surface area contributed by atoms with E-state index in [-0.39, 0.29) is 22.3 Å². The molecule has 0 aliphatic rings. The maximum absolute atomic E-state index is 13.3. The minimum absolute atomic E-state index is 0.00147. The highest BCUT2D eigenvalue weighted by molar-refractivity contribution is 6.13. The van der Waals surface area contributed by atoms with Gasteiger partial charge in [0.2, 0.25) is 0 Å². The zero-order valence-electron chi connectivity index (χ0n) is 12.7. The molecule has 0 aliphatic carbocycles.